The molecule has 0 aliphatic heterocycles. The second-order valence-electron chi connectivity index (χ2n) is 4.83. The molecule has 0 spiro atoms. The van der Waals surface area contributed by atoms with E-state index in [2.05, 4.69) is 6.92 Å². The van der Waals surface area contributed by atoms with Gasteiger partial charge in [-0.05, 0) is 43.1 Å². The molecular formula is C12H18O2. The smallest absolute Gasteiger partial charge is 0.155 e. The van der Waals surface area contributed by atoms with Crippen LogP contribution in [0.1, 0.15) is 39.0 Å². The fourth-order valence-corrected chi connectivity index (χ4v) is 2.95. The molecule has 14 heavy (non-hydrogen) atoms. The van der Waals surface area contributed by atoms with E-state index in [0.29, 0.717) is 12.3 Å². The van der Waals surface area contributed by atoms with Gasteiger partial charge in [0.2, 0.25) is 0 Å². The first kappa shape index (κ1) is 9.91. The van der Waals surface area contributed by atoms with Gasteiger partial charge in [-0.3, -0.25) is 4.79 Å². The van der Waals surface area contributed by atoms with Gasteiger partial charge in [0, 0.05) is 13.0 Å². The van der Waals surface area contributed by atoms with Crippen molar-refractivity contribution in [3.05, 3.63) is 11.6 Å². The highest BCUT2D eigenvalue weighted by atomic mass is 16.3. The fourth-order valence-electron chi connectivity index (χ4n) is 2.95. The highest BCUT2D eigenvalue weighted by Gasteiger charge is 2.41. The number of ketones is 1. The third-order valence-corrected chi connectivity index (χ3v) is 4.08. The fraction of sp³-hybridized carbons (Fsp3) is 0.750. The molecule has 0 unspecified atom stereocenters. The lowest BCUT2D eigenvalue weighted by Crippen LogP contribution is -2.38. The van der Waals surface area contributed by atoms with Gasteiger partial charge >= 0.3 is 0 Å². The summed E-state index contributed by atoms with van der Waals surface area (Å²) >= 11 is 0. The number of carbonyl (C=O) groups is 1. The Morgan fingerprint density at radius 1 is 1.57 bits per heavy atom. The molecule has 2 aliphatic carbocycles. The van der Waals surface area contributed by atoms with Crippen LogP contribution in [0.3, 0.4) is 0 Å². The van der Waals surface area contributed by atoms with E-state index in [4.69, 9.17) is 0 Å². The van der Waals surface area contributed by atoms with E-state index in [9.17, 15) is 9.90 Å². The van der Waals surface area contributed by atoms with Crippen LogP contribution in [0.15, 0.2) is 11.6 Å². The molecule has 2 atom stereocenters. The van der Waals surface area contributed by atoms with Crippen molar-refractivity contribution < 1.29 is 9.90 Å². The first-order valence-corrected chi connectivity index (χ1v) is 5.51. The lowest BCUT2D eigenvalue weighted by Gasteiger charge is -2.44. The summed E-state index contributed by atoms with van der Waals surface area (Å²) in [4.78, 5) is 11.3. The van der Waals surface area contributed by atoms with Gasteiger partial charge in [-0.2, -0.15) is 0 Å². The summed E-state index contributed by atoms with van der Waals surface area (Å²) in [6.07, 6.45) is 6.72. The molecule has 0 heterocycles. The van der Waals surface area contributed by atoms with Gasteiger partial charge in [-0.15, -0.1) is 0 Å². The lowest BCUT2D eigenvalue weighted by molar-refractivity contribution is -0.116. The molecule has 0 aromatic rings. The molecule has 2 aliphatic rings. The standard InChI is InChI=1S/C12H18O2/c1-12-6-5-11(14)7-9(12)3-2-4-10(12)8-13/h7,10,13H,2-6,8H2,1H3/t10-,12+/m1/s1. The Bertz CT molecular complexity index is 280. The third kappa shape index (κ3) is 1.42. The lowest BCUT2D eigenvalue weighted by atomic mass is 9.60. The molecule has 2 rings (SSSR count). The Labute approximate surface area is 85.0 Å². The summed E-state index contributed by atoms with van der Waals surface area (Å²) in [6.45, 7) is 2.48. The quantitative estimate of drug-likeness (QED) is 0.694. The Morgan fingerprint density at radius 3 is 3.07 bits per heavy atom. The number of aliphatic hydroxyl groups excluding tert-OH is 1. The van der Waals surface area contributed by atoms with Gasteiger partial charge in [0.1, 0.15) is 0 Å². The first-order valence-electron chi connectivity index (χ1n) is 5.51. The number of aliphatic hydroxyl groups is 1. The number of carbonyl (C=O) groups excluding carboxylic acids is 1. The van der Waals surface area contributed by atoms with Gasteiger partial charge in [-0.1, -0.05) is 12.5 Å². The van der Waals surface area contributed by atoms with Crippen molar-refractivity contribution in [3.63, 3.8) is 0 Å². The van der Waals surface area contributed by atoms with Crippen molar-refractivity contribution in [2.45, 2.75) is 39.0 Å². The summed E-state index contributed by atoms with van der Waals surface area (Å²) in [5.74, 6) is 0.645. The molecule has 78 valence electrons. The van der Waals surface area contributed by atoms with Crippen LogP contribution in [0.5, 0.6) is 0 Å². The van der Waals surface area contributed by atoms with E-state index in [0.717, 1.165) is 25.7 Å². The monoisotopic (exact) mass is 194 g/mol. The summed E-state index contributed by atoms with van der Waals surface area (Å²) in [6, 6.07) is 0. The van der Waals surface area contributed by atoms with Crippen molar-refractivity contribution in [2.24, 2.45) is 11.3 Å². The van der Waals surface area contributed by atoms with E-state index in [1.807, 2.05) is 6.08 Å². The van der Waals surface area contributed by atoms with E-state index >= 15 is 0 Å². The number of allylic oxidation sites excluding steroid dienone is 2. The summed E-state index contributed by atoms with van der Waals surface area (Å²) in [5.41, 5.74) is 1.40. The van der Waals surface area contributed by atoms with Crippen LogP contribution in [0, 0.1) is 11.3 Å². The van der Waals surface area contributed by atoms with Crippen LogP contribution in [-0.2, 0) is 4.79 Å². The molecule has 1 saturated carbocycles. The van der Waals surface area contributed by atoms with Crippen LogP contribution < -0.4 is 0 Å². The van der Waals surface area contributed by atoms with Gasteiger partial charge in [-0.25, -0.2) is 0 Å². The SMILES string of the molecule is C[C@]12CCC(=O)C=C1CCC[C@@H]2CO. The highest BCUT2D eigenvalue weighted by Crippen LogP contribution is 2.49. The minimum absolute atomic E-state index is 0.112. The number of hydrogen-bond donors (Lipinski definition) is 1. The van der Waals surface area contributed by atoms with Gasteiger partial charge in [0.05, 0.1) is 0 Å². The van der Waals surface area contributed by atoms with Crippen LogP contribution in [0.4, 0.5) is 0 Å². The molecule has 0 amide bonds. The van der Waals surface area contributed by atoms with E-state index in [-0.39, 0.29) is 17.8 Å². The molecule has 1 N–H and O–H groups in total. The van der Waals surface area contributed by atoms with E-state index in [1.54, 1.807) is 0 Å². The van der Waals surface area contributed by atoms with Crippen LogP contribution in [-0.4, -0.2) is 17.5 Å². The molecule has 2 nitrogen and oxygen atoms in total. The maximum Gasteiger partial charge on any atom is 0.155 e. The second-order valence-corrected chi connectivity index (χ2v) is 4.83. The average Bonchev–Trinajstić information content (AvgIpc) is 2.18. The summed E-state index contributed by atoms with van der Waals surface area (Å²) in [7, 11) is 0. The zero-order chi connectivity index (χ0) is 10.2. The van der Waals surface area contributed by atoms with Crippen molar-refractivity contribution in [2.75, 3.05) is 6.61 Å². The Hall–Kier alpha value is -0.630. The van der Waals surface area contributed by atoms with E-state index < -0.39 is 0 Å². The normalized spacial score (nSPS) is 37.7. The number of hydrogen-bond acceptors (Lipinski definition) is 2. The van der Waals surface area contributed by atoms with Crippen molar-refractivity contribution >= 4 is 5.78 Å². The van der Waals surface area contributed by atoms with Crippen molar-refractivity contribution in [3.8, 4) is 0 Å². The topological polar surface area (TPSA) is 37.3 Å². The zero-order valence-corrected chi connectivity index (χ0v) is 8.75. The summed E-state index contributed by atoms with van der Waals surface area (Å²) < 4.78 is 0. The maximum absolute atomic E-state index is 11.3. The summed E-state index contributed by atoms with van der Waals surface area (Å²) in [5, 5.41) is 9.35. The van der Waals surface area contributed by atoms with Crippen molar-refractivity contribution in [1.29, 1.82) is 0 Å². The molecule has 1 fully saturated rings. The number of rotatable bonds is 1. The van der Waals surface area contributed by atoms with E-state index in [1.165, 1.54) is 5.57 Å². The maximum atomic E-state index is 11.3. The molecule has 0 bridgehead atoms. The number of fused-ring (bicyclic) bond motifs is 1. The van der Waals surface area contributed by atoms with Crippen molar-refractivity contribution in [1.82, 2.24) is 0 Å². The van der Waals surface area contributed by atoms with Gasteiger partial charge in [0.25, 0.3) is 0 Å². The van der Waals surface area contributed by atoms with Gasteiger partial charge in [0.15, 0.2) is 5.78 Å². The largest absolute Gasteiger partial charge is 0.396 e. The minimum atomic E-state index is 0.112. The van der Waals surface area contributed by atoms with Gasteiger partial charge < -0.3 is 5.11 Å². The van der Waals surface area contributed by atoms with Crippen LogP contribution in [0.25, 0.3) is 0 Å². The minimum Gasteiger partial charge on any atom is -0.396 e. The molecule has 2 heteroatoms. The Morgan fingerprint density at radius 2 is 2.36 bits per heavy atom. The highest BCUT2D eigenvalue weighted by molar-refractivity contribution is 5.91. The molecule has 0 saturated heterocycles. The molecular weight excluding hydrogens is 176 g/mol. The Balaban J connectivity index is 2.31. The molecule has 0 aromatic carbocycles. The molecule has 0 radical (unpaired) electrons. The predicted octanol–water partition coefficient (Wildman–Crippen LogP) is 2.07. The first-order chi connectivity index (χ1) is 6.66. The average molecular weight is 194 g/mol. The van der Waals surface area contributed by atoms with Crippen LogP contribution in [0.2, 0.25) is 0 Å². The molecule has 0 aromatic heterocycles. The van der Waals surface area contributed by atoms with Crippen LogP contribution >= 0.6 is 0 Å². The Kier molecular flexibility index (Phi) is 2.48. The second kappa shape index (κ2) is 3.50. The third-order valence-electron chi connectivity index (χ3n) is 4.08. The predicted molar refractivity (Wildman–Crippen MR) is 54.9 cm³/mol. The zero-order valence-electron chi connectivity index (χ0n) is 8.75.